The van der Waals surface area contributed by atoms with E-state index in [1.165, 1.54) is 22.2 Å². The van der Waals surface area contributed by atoms with Crippen molar-refractivity contribution in [1.82, 2.24) is 0 Å². The van der Waals surface area contributed by atoms with Crippen molar-refractivity contribution in [2.24, 2.45) is 0 Å². The zero-order valence-electron chi connectivity index (χ0n) is 13.3. The molecule has 0 aliphatic heterocycles. The second kappa shape index (κ2) is 6.38. The molecule has 0 N–H and O–H groups in total. The van der Waals surface area contributed by atoms with Gasteiger partial charge in [0.25, 0.3) is 0 Å². The highest BCUT2D eigenvalue weighted by atomic mass is 32.1. The molecule has 3 rings (SSSR count). The first-order valence-electron chi connectivity index (χ1n) is 7.31. The van der Waals surface area contributed by atoms with Gasteiger partial charge < -0.3 is 9.47 Å². The van der Waals surface area contributed by atoms with Gasteiger partial charge in [-0.3, -0.25) is 4.79 Å². The minimum absolute atomic E-state index is 0.307. The molecular formula is C18H18NO3S+. The minimum Gasteiger partial charge on any atom is -0.497 e. The fraction of sp³-hybridized carbons (Fsp3) is 0.222. The Labute approximate surface area is 138 Å². The van der Waals surface area contributed by atoms with E-state index in [0.29, 0.717) is 5.75 Å². The van der Waals surface area contributed by atoms with Gasteiger partial charge in [-0.15, -0.1) is 0 Å². The van der Waals surface area contributed by atoms with Crippen LogP contribution in [0.15, 0.2) is 42.5 Å². The molecular weight excluding hydrogens is 310 g/mol. The number of nitrogens with zero attached hydrogens (tertiary/aromatic N) is 1. The summed E-state index contributed by atoms with van der Waals surface area (Å²) in [5.41, 5.74) is 2.26. The molecule has 0 saturated heterocycles. The number of esters is 1. The van der Waals surface area contributed by atoms with Crippen LogP contribution in [0.1, 0.15) is 17.5 Å². The quantitative estimate of drug-likeness (QED) is 0.418. The first kappa shape index (κ1) is 15.5. The fourth-order valence-corrected chi connectivity index (χ4v) is 3.52. The molecule has 0 aliphatic rings. The molecule has 0 bridgehead atoms. The first-order valence-corrected chi connectivity index (χ1v) is 8.13. The summed E-state index contributed by atoms with van der Waals surface area (Å²) in [6, 6.07) is 13.8. The largest absolute Gasteiger partial charge is 0.497 e. The van der Waals surface area contributed by atoms with Gasteiger partial charge in [0.05, 0.1) is 13.2 Å². The predicted molar refractivity (Wildman–Crippen MR) is 90.2 cm³/mol. The third kappa shape index (κ3) is 3.35. The maximum absolute atomic E-state index is 11.2. The van der Waals surface area contributed by atoms with Crippen LogP contribution in [-0.2, 0) is 11.3 Å². The van der Waals surface area contributed by atoms with Gasteiger partial charge in [0, 0.05) is 19.4 Å². The topological polar surface area (TPSA) is 39.4 Å². The molecule has 4 nitrogen and oxygen atoms in total. The number of thiazole rings is 1. The van der Waals surface area contributed by atoms with Crippen molar-refractivity contribution in [3.8, 4) is 11.5 Å². The lowest BCUT2D eigenvalue weighted by molar-refractivity contribution is -0.664. The van der Waals surface area contributed by atoms with Crippen LogP contribution in [0.2, 0.25) is 0 Å². The van der Waals surface area contributed by atoms with Crippen molar-refractivity contribution in [2.75, 3.05) is 7.11 Å². The van der Waals surface area contributed by atoms with E-state index in [9.17, 15) is 4.79 Å². The lowest BCUT2D eigenvalue weighted by Crippen LogP contribution is -2.35. The summed E-state index contributed by atoms with van der Waals surface area (Å²) < 4.78 is 13.8. The highest BCUT2D eigenvalue weighted by molar-refractivity contribution is 7.18. The van der Waals surface area contributed by atoms with Gasteiger partial charge in [-0.25, -0.2) is 0 Å². The van der Waals surface area contributed by atoms with Crippen LogP contribution in [0, 0.1) is 6.92 Å². The normalized spacial score (nSPS) is 10.7. The average Bonchev–Trinajstić information content (AvgIpc) is 2.83. The van der Waals surface area contributed by atoms with Crippen molar-refractivity contribution >= 4 is 27.5 Å². The molecule has 1 heterocycles. The average molecular weight is 328 g/mol. The van der Waals surface area contributed by atoms with Crippen molar-refractivity contribution < 1.29 is 18.8 Å². The molecule has 0 unspecified atom stereocenters. The Morgan fingerprint density at radius 2 is 1.83 bits per heavy atom. The Morgan fingerprint density at radius 1 is 1.13 bits per heavy atom. The maximum atomic E-state index is 11.2. The van der Waals surface area contributed by atoms with Gasteiger partial charge in [0.2, 0.25) is 10.5 Å². The van der Waals surface area contributed by atoms with Gasteiger partial charge in [-0.05, 0) is 36.4 Å². The molecule has 0 aliphatic carbocycles. The monoisotopic (exact) mass is 328 g/mol. The molecule has 0 atom stereocenters. The number of ether oxygens (including phenoxy) is 2. The predicted octanol–water partition coefficient (Wildman–Crippen LogP) is 3.48. The summed E-state index contributed by atoms with van der Waals surface area (Å²) in [4.78, 5) is 11.2. The van der Waals surface area contributed by atoms with E-state index < -0.39 is 0 Å². The molecule has 2 aromatic carbocycles. The zero-order valence-corrected chi connectivity index (χ0v) is 14.1. The van der Waals surface area contributed by atoms with Crippen molar-refractivity contribution in [3.63, 3.8) is 0 Å². The number of benzene rings is 2. The number of aryl methyl sites for hydroxylation is 1. The first-order chi connectivity index (χ1) is 11.1. The number of fused-ring (bicyclic) bond motifs is 1. The Kier molecular flexibility index (Phi) is 4.30. The van der Waals surface area contributed by atoms with Crippen LogP contribution < -0.4 is 14.0 Å². The molecule has 118 valence electrons. The van der Waals surface area contributed by atoms with Crippen LogP contribution >= 0.6 is 11.3 Å². The van der Waals surface area contributed by atoms with Gasteiger partial charge in [-0.1, -0.05) is 11.3 Å². The highest BCUT2D eigenvalue weighted by Crippen LogP contribution is 2.25. The second-order valence-corrected chi connectivity index (χ2v) is 6.51. The third-order valence-corrected chi connectivity index (χ3v) is 4.70. The standard InChI is InChI=1S/C18H18NO3S/c1-12-19(11-14-4-6-15(21-3)7-5-14)17-10-16(22-13(2)20)8-9-18(17)23-12/h4-10H,11H2,1-3H3/q+1. The Bertz CT molecular complexity index is 853. The number of methoxy groups -OCH3 is 1. The summed E-state index contributed by atoms with van der Waals surface area (Å²) in [6.45, 7) is 4.27. The summed E-state index contributed by atoms with van der Waals surface area (Å²) in [7, 11) is 1.66. The van der Waals surface area contributed by atoms with E-state index in [1.807, 2.05) is 30.3 Å². The van der Waals surface area contributed by atoms with Gasteiger partial charge in [0.15, 0.2) is 6.54 Å². The Balaban J connectivity index is 1.97. The van der Waals surface area contributed by atoms with Crippen molar-refractivity contribution in [1.29, 1.82) is 0 Å². The summed E-state index contributed by atoms with van der Waals surface area (Å²) in [6.07, 6.45) is 0. The number of carbonyl (C=O) groups excluding carboxylic acids is 1. The lowest BCUT2D eigenvalue weighted by Gasteiger charge is -2.02. The Hall–Kier alpha value is -2.40. The molecule has 3 aromatic rings. The van der Waals surface area contributed by atoms with E-state index in [4.69, 9.17) is 9.47 Å². The fourth-order valence-electron chi connectivity index (χ4n) is 2.52. The molecule has 0 fully saturated rings. The Morgan fingerprint density at radius 3 is 2.48 bits per heavy atom. The molecule has 0 radical (unpaired) electrons. The third-order valence-electron chi connectivity index (χ3n) is 3.62. The van der Waals surface area contributed by atoms with Crippen LogP contribution in [0.5, 0.6) is 11.5 Å². The van der Waals surface area contributed by atoms with E-state index >= 15 is 0 Å². The van der Waals surface area contributed by atoms with Crippen molar-refractivity contribution in [2.45, 2.75) is 20.4 Å². The van der Waals surface area contributed by atoms with Gasteiger partial charge in [0.1, 0.15) is 16.2 Å². The molecule has 0 amide bonds. The lowest BCUT2D eigenvalue weighted by atomic mass is 10.2. The smallest absolute Gasteiger partial charge is 0.308 e. The number of hydrogen-bond acceptors (Lipinski definition) is 4. The number of hydrogen-bond donors (Lipinski definition) is 0. The zero-order chi connectivity index (χ0) is 16.4. The summed E-state index contributed by atoms with van der Waals surface area (Å²) in [5, 5.41) is 1.20. The van der Waals surface area contributed by atoms with E-state index in [0.717, 1.165) is 17.8 Å². The van der Waals surface area contributed by atoms with Crippen LogP contribution in [-0.4, -0.2) is 13.1 Å². The second-order valence-electron chi connectivity index (χ2n) is 5.28. The van der Waals surface area contributed by atoms with Crippen LogP contribution in [0.3, 0.4) is 0 Å². The summed E-state index contributed by atoms with van der Waals surface area (Å²) in [5.74, 6) is 1.12. The number of aromatic nitrogens is 1. The maximum Gasteiger partial charge on any atom is 0.308 e. The molecule has 23 heavy (non-hydrogen) atoms. The molecule has 5 heteroatoms. The van der Waals surface area contributed by atoms with E-state index in [1.54, 1.807) is 18.4 Å². The highest BCUT2D eigenvalue weighted by Gasteiger charge is 2.18. The SMILES string of the molecule is COc1ccc(C[n+]2c(C)sc3ccc(OC(C)=O)cc32)cc1. The van der Waals surface area contributed by atoms with Crippen LogP contribution in [0.25, 0.3) is 10.2 Å². The minimum atomic E-state index is -0.307. The number of rotatable bonds is 4. The van der Waals surface area contributed by atoms with Crippen LogP contribution in [0.4, 0.5) is 0 Å². The van der Waals surface area contributed by atoms with Crippen molar-refractivity contribution in [3.05, 3.63) is 53.0 Å². The molecule has 1 aromatic heterocycles. The van der Waals surface area contributed by atoms with Gasteiger partial charge >= 0.3 is 5.97 Å². The molecule has 0 saturated carbocycles. The van der Waals surface area contributed by atoms with Gasteiger partial charge in [-0.2, -0.15) is 4.57 Å². The summed E-state index contributed by atoms with van der Waals surface area (Å²) >= 11 is 1.73. The molecule has 0 spiro atoms. The van der Waals surface area contributed by atoms with E-state index in [-0.39, 0.29) is 5.97 Å². The number of carbonyl (C=O) groups is 1. The van der Waals surface area contributed by atoms with E-state index in [2.05, 4.69) is 23.6 Å².